The predicted octanol–water partition coefficient (Wildman–Crippen LogP) is 1.92. The molecule has 0 amide bonds. The minimum Gasteiger partial charge on any atom is -0.305 e. The van der Waals surface area contributed by atoms with Crippen molar-refractivity contribution >= 4 is 0 Å². The van der Waals surface area contributed by atoms with E-state index in [2.05, 4.69) is 33.6 Å². The second kappa shape index (κ2) is 5.93. The molecule has 0 spiro atoms. The first kappa shape index (κ1) is 13.7. The largest absolute Gasteiger partial charge is 0.305 e. The molecule has 2 aromatic rings. The van der Waals surface area contributed by atoms with Gasteiger partial charge in [-0.1, -0.05) is 6.92 Å². The van der Waals surface area contributed by atoms with E-state index in [1.807, 2.05) is 37.8 Å². The van der Waals surface area contributed by atoms with E-state index < -0.39 is 0 Å². The summed E-state index contributed by atoms with van der Waals surface area (Å²) in [6.45, 7) is 7.09. The van der Waals surface area contributed by atoms with Crippen LogP contribution in [-0.4, -0.2) is 26.5 Å². The topological polar surface area (TPSA) is 55.6 Å². The van der Waals surface area contributed by atoms with Crippen LogP contribution < -0.4 is 5.32 Å². The number of hydrogen-bond donors (Lipinski definition) is 1. The summed E-state index contributed by atoms with van der Waals surface area (Å²) in [5.41, 5.74) is 4.21. The second-order valence-corrected chi connectivity index (χ2v) is 4.79. The second-order valence-electron chi connectivity index (χ2n) is 4.79. The van der Waals surface area contributed by atoms with Gasteiger partial charge < -0.3 is 5.32 Å². The van der Waals surface area contributed by atoms with Crippen molar-refractivity contribution in [1.82, 2.24) is 25.3 Å². The molecule has 2 rings (SSSR count). The van der Waals surface area contributed by atoms with Gasteiger partial charge >= 0.3 is 0 Å². The number of nitrogens with zero attached hydrogens (tertiary/aromatic N) is 4. The van der Waals surface area contributed by atoms with E-state index >= 15 is 0 Å². The van der Waals surface area contributed by atoms with Crippen molar-refractivity contribution in [3.63, 3.8) is 0 Å². The van der Waals surface area contributed by atoms with Gasteiger partial charge in [-0.2, -0.15) is 15.3 Å². The van der Waals surface area contributed by atoms with Crippen LogP contribution >= 0.6 is 0 Å². The zero-order valence-corrected chi connectivity index (χ0v) is 12.0. The third-order valence-corrected chi connectivity index (χ3v) is 3.20. The van der Waals surface area contributed by atoms with Crippen LogP contribution in [0.1, 0.15) is 42.0 Å². The highest BCUT2D eigenvalue weighted by atomic mass is 15.3. The van der Waals surface area contributed by atoms with Crippen molar-refractivity contribution in [3.05, 3.63) is 41.0 Å². The van der Waals surface area contributed by atoms with Gasteiger partial charge in [0, 0.05) is 18.8 Å². The average Bonchev–Trinajstić information content (AvgIpc) is 2.80. The van der Waals surface area contributed by atoms with Gasteiger partial charge in [0.1, 0.15) is 0 Å². The summed E-state index contributed by atoms with van der Waals surface area (Å²) in [6, 6.07) is 4.26. The number of rotatable bonds is 5. The Bertz CT molecular complexity index is 547. The van der Waals surface area contributed by atoms with Crippen LogP contribution in [0.15, 0.2) is 18.3 Å². The van der Waals surface area contributed by atoms with Crippen LogP contribution in [0.4, 0.5) is 0 Å². The molecule has 0 aliphatic rings. The van der Waals surface area contributed by atoms with Crippen LogP contribution in [0.5, 0.6) is 0 Å². The Kier molecular flexibility index (Phi) is 4.27. The van der Waals surface area contributed by atoms with Crippen molar-refractivity contribution in [2.75, 3.05) is 6.54 Å². The molecule has 1 unspecified atom stereocenters. The Morgan fingerprint density at radius 3 is 2.74 bits per heavy atom. The van der Waals surface area contributed by atoms with Crippen LogP contribution in [0.3, 0.4) is 0 Å². The van der Waals surface area contributed by atoms with Gasteiger partial charge in [-0.25, -0.2) is 0 Å². The molecule has 0 aromatic carbocycles. The quantitative estimate of drug-likeness (QED) is 0.891. The van der Waals surface area contributed by atoms with Gasteiger partial charge in [0.15, 0.2) is 0 Å². The Hall–Kier alpha value is -1.75. The lowest BCUT2D eigenvalue weighted by Crippen LogP contribution is -2.26. The summed E-state index contributed by atoms with van der Waals surface area (Å²) in [5, 5.41) is 16.2. The number of aryl methyl sites for hydroxylation is 3. The monoisotopic (exact) mass is 259 g/mol. The van der Waals surface area contributed by atoms with Gasteiger partial charge in [0.25, 0.3) is 0 Å². The first-order valence-electron chi connectivity index (χ1n) is 6.65. The minimum absolute atomic E-state index is 0.113. The zero-order valence-electron chi connectivity index (χ0n) is 12.0. The van der Waals surface area contributed by atoms with E-state index in [0.29, 0.717) is 0 Å². The SMILES string of the molecule is CCCNC(c1cc(C)nnc1C)c1ccnn1C. The fraction of sp³-hybridized carbons (Fsp3) is 0.500. The average molecular weight is 259 g/mol. The highest BCUT2D eigenvalue weighted by Crippen LogP contribution is 2.23. The van der Waals surface area contributed by atoms with Crippen molar-refractivity contribution in [1.29, 1.82) is 0 Å². The van der Waals surface area contributed by atoms with Crippen molar-refractivity contribution < 1.29 is 0 Å². The van der Waals surface area contributed by atoms with Gasteiger partial charge in [-0.15, -0.1) is 0 Å². The Morgan fingerprint density at radius 1 is 1.32 bits per heavy atom. The summed E-state index contributed by atoms with van der Waals surface area (Å²) in [4.78, 5) is 0. The molecule has 2 aromatic heterocycles. The maximum Gasteiger partial charge on any atom is 0.0767 e. The van der Waals surface area contributed by atoms with Crippen molar-refractivity contribution in [2.24, 2.45) is 7.05 Å². The molecule has 5 nitrogen and oxygen atoms in total. The Balaban J connectivity index is 2.42. The van der Waals surface area contributed by atoms with Crippen LogP contribution in [0.25, 0.3) is 0 Å². The van der Waals surface area contributed by atoms with Crippen LogP contribution in [-0.2, 0) is 7.05 Å². The minimum atomic E-state index is 0.113. The molecule has 1 atom stereocenters. The smallest absolute Gasteiger partial charge is 0.0767 e. The number of hydrogen-bond acceptors (Lipinski definition) is 4. The number of aromatic nitrogens is 4. The third-order valence-electron chi connectivity index (χ3n) is 3.20. The van der Waals surface area contributed by atoms with Crippen LogP contribution in [0.2, 0.25) is 0 Å². The van der Waals surface area contributed by atoms with E-state index in [1.165, 1.54) is 5.56 Å². The molecule has 102 valence electrons. The summed E-state index contributed by atoms with van der Waals surface area (Å²) in [7, 11) is 1.97. The fourth-order valence-electron chi connectivity index (χ4n) is 2.19. The van der Waals surface area contributed by atoms with E-state index in [1.54, 1.807) is 0 Å². The highest BCUT2D eigenvalue weighted by molar-refractivity contribution is 5.30. The van der Waals surface area contributed by atoms with Gasteiger partial charge in [-0.05, 0) is 38.9 Å². The van der Waals surface area contributed by atoms with E-state index in [4.69, 9.17) is 0 Å². The molecule has 0 fully saturated rings. The summed E-state index contributed by atoms with van der Waals surface area (Å²) in [5.74, 6) is 0. The molecule has 0 saturated carbocycles. The normalized spacial score (nSPS) is 12.6. The first-order valence-corrected chi connectivity index (χ1v) is 6.65. The van der Waals surface area contributed by atoms with Crippen LogP contribution in [0, 0.1) is 13.8 Å². The molecular formula is C14H21N5. The summed E-state index contributed by atoms with van der Waals surface area (Å²) >= 11 is 0. The molecule has 1 N–H and O–H groups in total. The molecule has 19 heavy (non-hydrogen) atoms. The van der Waals surface area contributed by atoms with Crippen molar-refractivity contribution in [3.8, 4) is 0 Å². The molecule has 5 heteroatoms. The maximum atomic E-state index is 4.26. The molecule has 0 bridgehead atoms. The third kappa shape index (κ3) is 2.98. The van der Waals surface area contributed by atoms with E-state index in [-0.39, 0.29) is 6.04 Å². The summed E-state index contributed by atoms with van der Waals surface area (Å²) < 4.78 is 1.91. The summed E-state index contributed by atoms with van der Waals surface area (Å²) in [6.07, 6.45) is 2.91. The number of nitrogens with one attached hydrogen (secondary N) is 1. The lowest BCUT2D eigenvalue weighted by Gasteiger charge is -2.20. The van der Waals surface area contributed by atoms with Gasteiger partial charge in [0.2, 0.25) is 0 Å². The lowest BCUT2D eigenvalue weighted by atomic mass is 10.0. The standard InChI is InChI=1S/C14H21N5/c1-5-7-15-14(13-6-8-16-19(13)4)12-9-10(2)17-18-11(12)3/h6,8-9,14-15H,5,7H2,1-4H3. The zero-order chi connectivity index (χ0) is 13.8. The predicted molar refractivity (Wildman–Crippen MR) is 74.9 cm³/mol. The lowest BCUT2D eigenvalue weighted by molar-refractivity contribution is 0.548. The van der Waals surface area contributed by atoms with Gasteiger partial charge in [0.05, 0.1) is 23.1 Å². The maximum absolute atomic E-state index is 4.26. The fourth-order valence-corrected chi connectivity index (χ4v) is 2.19. The molecule has 0 aliphatic carbocycles. The molecule has 0 radical (unpaired) electrons. The van der Waals surface area contributed by atoms with E-state index in [9.17, 15) is 0 Å². The first-order chi connectivity index (χ1) is 9.13. The van der Waals surface area contributed by atoms with Crippen molar-refractivity contribution in [2.45, 2.75) is 33.2 Å². The highest BCUT2D eigenvalue weighted by Gasteiger charge is 2.19. The van der Waals surface area contributed by atoms with Gasteiger partial charge in [-0.3, -0.25) is 4.68 Å². The molecule has 0 saturated heterocycles. The Morgan fingerprint density at radius 2 is 2.11 bits per heavy atom. The molecule has 0 aliphatic heterocycles. The van der Waals surface area contributed by atoms with E-state index in [0.717, 1.165) is 30.0 Å². The molecular weight excluding hydrogens is 238 g/mol. The molecule has 2 heterocycles. The Labute approximate surface area is 114 Å².